The van der Waals surface area contributed by atoms with Crippen molar-refractivity contribution in [1.82, 2.24) is 14.9 Å². The molecule has 1 fully saturated rings. The first kappa shape index (κ1) is 13.8. The lowest BCUT2D eigenvalue weighted by molar-refractivity contribution is 0.152. The van der Waals surface area contributed by atoms with Gasteiger partial charge in [0.15, 0.2) is 0 Å². The van der Waals surface area contributed by atoms with Gasteiger partial charge in [0.05, 0.1) is 18.8 Å². The molecule has 0 aromatic carbocycles. The summed E-state index contributed by atoms with van der Waals surface area (Å²) in [5.74, 6) is 0. The molecule has 3 heterocycles. The van der Waals surface area contributed by atoms with Crippen molar-refractivity contribution in [2.75, 3.05) is 19.7 Å². The minimum atomic E-state index is -0.685. The highest BCUT2D eigenvalue weighted by Crippen LogP contribution is 2.22. The lowest BCUT2D eigenvalue weighted by Gasteiger charge is -2.22. The SMILES string of the molecule is Cc1ccc(C2=NN(C(=O)Cl)CC2N2CCOC2=O)nc1. The number of hydrazone groups is 1. The van der Waals surface area contributed by atoms with Crippen LogP contribution >= 0.6 is 11.6 Å². The summed E-state index contributed by atoms with van der Waals surface area (Å²) in [4.78, 5) is 29.0. The Labute approximate surface area is 126 Å². The number of ether oxygens (including phenoxy) is 1. The standard InChI is InChI=1S/C13H13ClN4O3/c1-8-2-3-9(15-6-8)11-10(7-18(16-11)12(14)19)17-4-5-21-13(17)20/h2-3,6,10H,4-5,7H2,1H3. The third-order valence-corrected chi connectivity index (χ3v) is 3.63. The van der Waals surface area contributed by atoms with Gasteiger partial charge in [-0.15, -0.1) is 0 Å². The van der Waals surface area contributed by atoms with E-state index in [9.17, 15) is 9.59 Å². The Hall–Kier alpha value is -2.15. The molecule has 0 aliphatic carbocycles. The summed E-state index contributed by atoms with van der Waals surface area (Å²) in [6.07, 6.45) is 1.30. The molecule has 3 rings (SSSR count). The molecule has 2 amide bonds. The number of amides is 2. The molecule has 21 heavy (non-hydrogen) atoms. The summed E-state index contributed by atoms with van der Waals surface area (Å²) in [5, 5.41) is 4.65. The van der Waals surface area contributed by atoms with Gasteiger partial charge in [-0.3, -0.25) is 14.7 Å². The van der Waals surface area contributed by atoms with Crippen molar-refractivity contribution >= 4 is 28.8 Å². The highest BCUT2D eigenvalue weighted by Gasteiger charge is 2.40. The van der Waals surface area contributed by atoms with Gasteiger partial charge in [-0.1, -0.05) is 6.07 Å². The third-order valence-electron chi connectivity index (χ3n) is 3.44. The van der Waals surface area contributed by atoms with Gasteiger partial charge in [0.1, 0.15) is 18.4 Å². The summed E-state index contributed by atoms with van der Waals surface area (Å²) in [6, 6.07) is 3.32. The number of rotatable bonds is 2. The molecule has 1 atom stereocenters. The summed E-state index contributed by atoms with van der Waals surface area (Å²) < 4.78 is 4.95. The molecule has 0 N–H and O–H groups in total. The number of aromatic nitrogens is 1. The van der Waals surface area contributed by atoms with Crippen LogP contribution in [0.25, 0.3) is 0 Å². The number of nitrogens with zero attached hydrogens (tertiary/aromatic N) is 4. The van der Waals surface area contributed by atoms with Crippen molar-refractivity contribution in [2.45, 2.75) is 13.0 Å². The quantitative estimate of drug-likeness (QED) is 0.614. The zero-order valence-electron chi connectivity index (χ0n) is 11.3. The Balaban J connectivity index is 1.95. The first-order valence-corrected chi connectivity index (χ1v) is 6.86. The predicted octanol–water partition coefficient (Wildman–Crippen LogP) is 1.59. The Kier molecular flexibility index (Phi) is 3.50. The number of hydrogen-bond donors (Lipinski definition) is 0. The van der Waals surface area contributed by atoms with Crippen LogP contribution in [0.5, 0.6) is 0 Å². The number of carbonyl (C=O) groups excluding carboxylic acids is 2. The molecular formula is C13H13ClN4O3. The van der Waals surface area contributed by atoms with Crippen LogP contribution in [0.4, 0.5) is 9.59 Å². The fourth-order valence-electron chi connectivity index (χ4n) is 2.37. The first-order chi connectivity index (χ1) is 10.1. The van der Waals surface area contributed by atoms with Gasteiger partial charge in [0.2, 0.25) is 0 Å². The molecule has 1 aromatic heterocycles. The fourth-order valence-corrected chi connectivity index (χ4v) is 2.48. The van der Waals surface area contributed by atoms with Gasteiger partial charge in [0.25, 0.3) is 0 Å². The molecule has 2 aliphatic heterocycles. The van der Waals surface area contributed by atoms with Crippen molar-refractivity contribution in [3.63, 3.8) is 0 Å². The van der Waals surface area contributed by atoms with Crippen LogP contribution in [0.3, 0.4) is 0 Å². The largest absolute Gasteiger partial charge is 0.448 e. The van der Waals surface area contributed by atoms with Crippen LogP contribution in [0.2, 0.25) is 0 Å². The highest BCUT2D eigenvalue weighted by atomic mass is 35.5. The highest BCUT2D eigenvalue weighted by molar-refractivity contribution is 6.62. The Morgan fingerprint density at radius 2 is 2.29 bits per heavy atom. The zero-order valence-corrected chi connectivity index (χ0v) is 12.1. The van der Waals surface area contributed by atoms with Gasteiger partial charge >= 0.3 is 11.5 Å². The molecule has 1 aromatic rings. The van der Waals surface area contributed by atoms with Crippen molar-refractivity contribution in [1.29, 1.82) is 0 Å². The third kappa shape index (κ3) is 2.56. The second-order valence-corrected chi connectivity index (χ2v) is 5.19. The molecule has 0 bridgehead atoms. The second-order valence-electron chi connectivity index (χ2n) is 4.86. The first-order valence-electron chi connectivity index (χ1n) is 6.48. The number of hydrogen-bond acceptors (Lipinski definition) is 5. The van der Waals surface area contributed by atoms with Gasteiger partial charge in [-0.05, 0) is 30.2 Å². The smallest absolute Gasteiger partial charge is 0.410 e. The van der Waals surface area contributed by atoms with E-state index in [4.69, 9.17) is 16.3 Å². The number of carbonyl (C=O) groups is 2. The fraction of sp³-hybridized carbons (Fsp3) is 0.385. The van der Waals surface area contributed by atoms with Crippen molar-refractivity contribution in [2.24, 2.45) is 5.10 Å². The van der Waals surface area contributed by atoms with Crippen LogP contribution in [0, 0.1) is 6.92 Å². The molecule has 7 nitrogen and oxygen atoms in total. The maximum atomic E-state index is 11.8. The maximum Gasteiger partial charge on any atom is 0.410 e. The molecule has 0 spiro atoms. The lowest BCUT2D eigenvalue weighted by Crippen LogP contribution is -2.44. The van der Waals surface area contributed by atoms with Gasteiger partial charge in [-0.2, -0.15) is 5.10 Å². The van der Waals surface area contributed by atoms with Crippen LogP contribution in [-0.4, -0.2) is 57.8 Å². The molecule has 110 valence electrons. The van der Waals surface area contributed by atoms with E-state index < -0.39 is 17.5 Å². The van der Waals surface area contributed by atoms with E-state index in [1.807, 2.05) is 19.1 Å². The summed E-state index contributed by atoms with van der Waals surface area (Å²) in [5.41, 5.74) is 2.17. The molecular weight excluding hydrogens is 296 g/mol. The normalized spacial score (nSPS) is 21.5. The Morgan fingerprint density at radius 3 is 2.86 bits per heavy atom. The number of aryl methyl sites for hydroxylation is 1. The number of halogens is 1. The summed E-state index contributed by atoms with van der Waals surface area (Å²) in [6.45, 7) is 2.93. The van der Waals surface area contributed by atoms with E-state index >= 15 is 0 Å². The van der Waals surface area contributed by atoms with Crippen LogP contribution in [-0.2, 0) is 4.74 Å². The van der Waals surface area contributed by atoms with Gasteiger partial charge < -0.3 is 4.74 Å². The lowest BCUT2D eigenvalue weighted by atomic mass is 10.1. The van der Waals surface area contributed by atoms with Crippen molar-refractivity contribution in [3.8, 4) is 0 Å². The minimum Gasteiger partial charge on any atom is -0.448 e. The molecule has 1 unspecified atom stereocenters. The van der Waals surface area contributed by atoms with Crippen molar-refractivity contribution in [3.05, 3.63) is 29.6 Å². The maximum absolute atomic E-state index is 11.8. The molecule has 1 saturated heterocycles. The van der Waals surface area contributed by atoms with Crippen molar-refractivity contribution < 1.29 is 14.3 Å². The van der Waals surface area contributed by atoms with Crippen LogP contribution in [0.15, 0.2) is 23.4 Å². The number of pyridine rings is 1. The molecule has 0 radical (unpaired) electrons. The molecule has 8 heteroatoms. The monoisotopic (exact) mass is 308 g/mol. The Morgan fingerprint density at radius 1 is 1.48 bits per heavy atom. The van der Waals surface area contributed by atoms with Crippen LogP contribution in [0.1, 0.15) is 11.3 Å². The van der Waals surface area contributed by atoms with Gasteiger partial charge in [0, 0.05) is 6.20 Å². The van der Waals surface area contributed by atoms with E-state index in [1.165, 1.54) is 0 Å². The zero-order chi connectivity index (χ0) is 15.0. The Bertz CT molecular complexity index is 616. The summed E-state index contributed by atoms with van der Waals surface area (Å²) in [7, 11) is 0. The van der Waals surface area contributed by atoms with E-state index in [2.05, 4.69) is 10.1 Å². The topological polar surface area (TPSA) is 75.1 Å². The van der Waals surface area contributed by atoms with E-state index in [0.29, 0.717) is 24.6 Å². The van der Waals surface area contributed by atoms with Gasteiger partial charge in [-0.25, -0.2) is 9.80 Å². The molecule has 0 saturated carbocycles. The minimum absolute atomic E-state index is 0.211. The van der Waals surface area contributed by atoms with E-state index in [1.54, 1.807) is 11.1 Å². The van der Waals surface area contributed by atoms with E-state index in [-0.39, 0.29) is 6.54 Å². The average molecular weight is 309 g/mol. The van der Waals surface area contributed by atoms with E-state index in [0.717, 1.165) is 10.6 Å². The predicted molar refractivity (Wildman–Crippen MR) is 75.3 cm³/mol. The average Bonchev–Trinajstić information content (AvgIpc) is 3.05. The second kappa shape index (κ2) is 5.33. The summed E-state index contributed by atoms with van der Waals surface area (Å²) >= 11 is 5.50. The number of cyclic esters (lactones) is 1. The molecule has 2 aliphatic rings. The van der Waals surface area contributed by atoms with Crippen LogP contribution < -0.4 is 0 Å².